The van der Waals surface area contributed by atoms with E-state index in [0.29, 0.717) is 5.56 Å². The molecule has 1 fully saturated rings. The number of piperazine rings is 1. The fourth-order valence-electron chi connectivity index (χ4n) is 3.12. The van der Waals surface area contributed by atoms with E-state index in [-0.39, 0.29) is 16.6 Å². The zero-order chi connectivity index (χ0) is 18.5. The average molecular weight is 355 g/mol. The highest BCUT2D eigenvalue weighted by atomic mass is 16.6. The average Bonchev–Trinajstić information content (AvgIpc) is 2.68. The zero-order valence-corrected chi connectivity index (χ0v) is 14.6. The number of benzene rings is 2. The highest BCUT2D eigenvalue weighted by Crippen LogP contribution is 2.21. The Balaban J connectivity index is 1.57. The Labute approximate surface area is 151 Å². The Hall–Kier alpha value is -2.93. The van der Waals surface area contributed by atoms with Gasteiger partial charge in [-0.1, -0.05) is 12.1 Å². The molecule has 0 aromatic heterocycles. The fourth-order valence-corrected chi connectivity index (χ4v) is 3.12. The number of esters is 1. The molecule has 1 heterocycles. The van der Waals surface area contributed by atoms with Crippen molar-refractivity contribution in [1.82, 2.24) is 4.90 Å². The summed E-state index contributed by atoms with van der Waals surface area (Å²) >= 11 is 0. The number of carbonyl (C=O) groups is 1. The second-order valence-electron chi connectivity index (χ2n) is 6.23. The van der Waals surface area contributed by atoms with Gasteiger partial charge in [-0.3, -0.25) is 15.0 Å². The lowest BCUT2D eigenvalue weighted by atomic mass is 10.1. The second kappa shape index (κ2) is 7.97. The molecule has 0 amide bonds. The van der Waals surface area contributed by atoms with E-state index in [1.54, 1.807) is 30.3 Å². The van der Waals surface area contributed by atoms with Gasteiger partial charge in [-0.2, -0.15) is 0 Å². The molecule has 7 nitrogen and oxygen atoms in total. The summed E-state index contributed by atoms with van der Waals surface area (Å²) in [4.78, 5) is 26.6. The number of ether oxygens (including phenoxy) is 1. The lowest BCUT2D eigenvalue weighted by Gasteiger charge is -2.36. The van der Waals surface area contributed by atoms with Gasteiger partial charge in [0.1, 0.15) is 0 Å². The van der Waals surface area contributed by atoms with E-state index in [1.165, 1.54) is 7.11 Å². The molecule has 0 radical (unpaired) electrons. The van der Waals surface area contributed by atoms with E-state index in [4.69, 9.17) is 4.74 Å². The molecule has 0 bridgehead atoms. The van der Waals surface area contributed by atoms with Crippen LogP contribution in [-0.2, 0) is 11.3 Å². The van der Waals surface area contributed by atoms with E-state index in [1.807, 2.05) is 18.2 Å². The van der Waals surface area contributed by atoms with Crippen molar-refractivity contribution in [2.75, 3.05) is 38.2 Å². The SMILES string of the molecule is COC(=O)c1cccc(CN2CCN(c3ccc([N+](=O)[O-])cc3)CC2)c1. The summed E-state index contributed by atoms with van der Waals surface area (Å²) in [6.45, 7) is 4.26. The van der Waals surface area contributed by atoms with Crippen molar-refractivity contribution >= 4 is 17.3 Å². The molecule has 0 atom stereocenters. The van der Waals surface area contributed by atoms with E-state index >= 15 is 0 Å². The van der Waals surface area contributed by atoms with Crippen molar-refractivity contribution in [2.24, 2.45) is 0 Å². The number of hydrogen-bond acceptors (Lipinski definition) is 6. The second-order valence-corrected chi connectivity index (χ2v) is 6.23. The molecule has 3 rings (SSSR count). The van der Waals surface area contributed by atoms with Gasteiger partial charge < -0.3 is 9.64 Å². The summed E-state index contributed by atoms with van der Waals surface area (Å²) in [7, 11) is 1.38. The van der Waals surface area contributed by atoms with Crippen molar-refractivity contribution in [2.45, 2.75) is 6.54 Å². The van der Waals surface area contributed by atoms with Crippen LogP contribution in [-0.4, -0.2) is 49.1 Å². The van der Waals surface area contributed by atoms with Gasteiger partial charge >= 0.3 is 5.97 Å². The van der Waals surface area contributed by atoms with Crippen molar-refractivity contribution in [3.63, 3.8) is 0 Å². The van der Waals surface area contributed by atoms with Crippen LogP contribution in [0.5, 0.6) is 0 Å². The van der Waals surface area contributed by atoms with Gasteiger partial charge in [0, 0.05) is 50.5 Å². The third kappa shape index (κ3) is 4.18. The molecule has 0 N–H and O–H groups in total. The Bertz CT molecular complexity index is 784. The Morgan fingerprint density at radius 3 is 2.42 bits per heavy atom. The van der Waals surface area contributed by atoms with Crippen molar-refractivity contribution in [1.29, 1.82) is 0 Å². The van der Waals surface area contributed by atoms with Gasteiger partial charge in [-0.15, -0.1) is 0 Å². The minimum Gasteiger partial charge on any atom is -0.465 e. The minimum absolute atomic E-state index is 0.109. The fraction of sp³-hybridized carbons (Fsp3) is 0.316. The topological polar surface area (TPSA) is 75.9 Å². The molecule has 0 saturated carbocycles. The van der Waals surface area contributed by atoms with Crippen LogP contribution in [0.3, 0.4) is 0 Å². The van der Waals surface area contributed by atoms with E-state index in [2.05, 4.69) is 9.80 Å². The van der Waals surface area contributed by atoms with Crippen LogP contribution in [0.2, 0.25) is 0 Å². The van der Waals surface area contributed by atoms with E-state index in [9.17, 15) is 14.9 Å². The number of carbonyl (C=O) groups excluding carboxylic acids is 1. The van der Waals surface area contributed by atoms with Crippen molar-refractivity contribution < 1.29 is 14.5 Å². The maximum atomic E-state index is 11.6. The first-order valence-corrected chi connectivity index (χ1v) is 8.46. The number of hydrogen-bond donors (Lipinski definition) is 0. The minimum atomic E-state index is -0.385. The highest BCUT2D eigenvalue weighted by molar-refractivity contribution is 5.89. The lowest BCUT2D eigenvalue weighted by molar-refractivity contribution is -0.384. The molecule has 0 unspecified atom stereocenters. The summed E-state index contributed by atoms with van der Waals surface area (Å²) < 4.78 is 4.77. The van der Waals surface area contributed by atoms with Crippen LogP contribution in [0.1, 0.15) is 15.9 Å². The highest BCUT2D eigenvalue weighted by Gasteiger charge is 2.18. The maximum Gasteiger partial charge on any atom is 0.337 e. The maximum absolute atomic E-state index is 11.6. The molecule has 26 heavy (non-hydrogen) atoms. The number of methoxy groups -OCH3 is 1. The summed E-state index contributed by atoms with van der Waals surface area (Å²) in [6.07, 6.45) is 0. The van der Waals surface area contributed by atoms with Gasteiger partial charge in [0.25, 0.3) is 5.69 Å². The quantitative estimate of drug-likeness (QED) is 0.466. The van der Waals surface area contributed by atoms with Crippen LogP contribution in [0.25, 0.3) is 0 Å². The zero-order valence-electron chi connectivity index (χ0n) is 14.6. The summed E-state index contributed by atoms with van der Waals surface area (Å²) in [5, 5.41) is 10.7. The number of nitrogens with zero attached hydrogens (tertiary/aromatic N) is 3. The normalized spacial score (nSPS) is 14.9. The molecule has 0 aliphatic carbocycles. The van der Waals surface area contributed by atoms with Crippen molar-refractivity contribution in [3.05, 3.63) is 69.8 Å². The van der Waals surface area contributed by atoms with E-state index < -0.39 is 0 Å². The smallest absolute Gasteiger partial charge is 0.337 e. The van der Waals surface area contributed by atoms with Crippen LogP contribution >= 0.6 is 0 Å². The third-order valence-electron chi connectivity index (χ3n) is 4.55. The van der Waals surface area contributed by atoms with E-state index in [0.717, 1.165) is 44.0 Å². The molecule has 1 aliphatic heterocycles. The molecular weight excluding hydrogens is 334 g/mol. The van der Waals surface area contributed by atoms with Crippen LogP contribution in [0.4, 0.5) is 11.4 Å². The molecule has 7 heteroatoms. The first-order chi connectivity index (χ1) is 12.6. The van der Waals surface area contributed by atoms with Gasteiger partial charge in [-0.25, -0.2) is 4.79 Å². The third-order valence-corrected chi connectivity index (χ3v) is 4.55. The van der Waals surface area contributed by atoms with Gasteiger partial charge in [-0.05, 0) is 29.8 Å². The first-order valence-electron chi connectivity index (χ1n) is 8.46. The number of nitro groups is 1. The predicted molar refractivity (Wildman–Crippen MR) is 98.4 cm³/mol. The number of non-ortho nitro benzene ring substituents is 1. The largest absolute Gasteiger partial charge is 0.465 e. The summed E-state index contributed by atoms with van der Waals surface area (Å²) in [5.41, 5.74) is 2.76. The Morgan fingerprint density at radius 1 is 1.12 bits per heavy atom. The number of rotatable bonds is 5. The number of nitro benzene ring substituents is 1. The van der Waals surface area contributed by atoms with Crippen LogP contribution in [0.15, 0.2) is 48.5 Å². The molecule has 136 valence electrons. The standard InChI is InChI=1S/C19H21N3O4/c1-26-19(23)16-4-2-3-15(13-16)14-20-9-11-21(12-10-20)17-5-7-18(8-6-17)22(24)25/h2-8,13H,9-12,14H2,1H3. The molecule has 0 spiro atoms. The van der Waals surface area contributed by atoms with Gasteiger partial charge in [0.2, 0.25) is 0 Å². The van der Waals surface area contributed by atoms with Gasteiger partial charge in [0.05, 0.1) is 17.6 Å². The molecular formula is C19H21N3O4. The van der Waals surface area contributed by atoms with Crippen LogP contribution in [0, 0.1) is 10.1 Å². The van der Waals surface area contributed by atoms with Crippen LogP contribution < -0.4 is 4.90 Å². The predicted octanol–water partition coefficient (Wildman–Crippen LogP) is 2.70. The first kappa shape index (κ1) is 17.9. The molecule has 2 aromatic carbocycles. The Morgan fingerprint density at radius 2 is 1.81 bits per heavy atom. The molecule has 2 aromatic rings. The molecule has 1 saturated heterocycles. The van der Waals surface area contributed by atoms with Gasteiger partial charge in [0.15, 0.2) is 0 Å². The lowest BCUT2D eigenvalue weighted by Crippen LogP contribution is -2.45. The summed E-state index contributed by atoms with van der Waals surface area (Å²) in [6, 6.07) is 14.2. The Kier molecular flexibility index (Phi) is 5.48. The number of anilines is 1. The molecule has 1 aliphatic rings. The monoisotopic (exact) mass is 355 g/mol. The van der Waals surface area contributed by atoms with Crippen molar-refractivity contribution in [3.8, 4) is 0 Å². The summed E-state index contributed by atoms with van der Waals surface area (Å²) in [5.74, 6) is -0.324.